The number of hydrogen-bond acceptors (Lipinski definition) is 7. The second kappa shape index (κ2) is 8.94. The summed E-state index contributed by atoms with van der Waals surface area (Å²) in [4.78, 5) is 31.7. The highest BCUT2D eigenvalue weighted by Gasteiger charge is 2.16. The molecule has 10 heteroatoms. The van der Waals surface area contributed by atoms with Gasteiger partial charge in [0, 0.05) is 25.2 Å². The summed E-state index contributed by atoms with van der Waals surface area (Å²) in [6.07, 6.45) is 3.40. The van der Waals surface area contributed by atoms with Gasteiger partial charge in [-0.1, -0.05) is 24.3 Å². The second-order valence-corrected chi connectivity index (χ2v) is 5.30. The molecule has 2 aromatic carbocycles. The van der Waals surface area contributed by atoms with Crippen molar-refractivity contribution in [1.29, 1.82) is 0 Å². The van der Waals surface area contributed by atoms with E-state index < -0.39 is 15.8 Å². The summed E-state index contributed by atoms with van der Waals surface area (Å²) in [5, 5.41) is 36.6. The van der Waals surface area contributed by atoms with Crippen molar-refractivity contribution >= 4 is 28.7 Å². The van der Waals surface area contributed by atoms with E-state index in [1.807, 2.05) is 0 Å². The number of nitrogens with one attached hydrogen (secondary N) is 2. The molecule has 10 nitrogen and oxygen atoms in total. The molecule has 0 fully saturated rings. The molecule has 0 saturated carbocycles. The topological polar surface area (TPSA) is 148 Å². The Bertz CT molecular complexity index is 897. The summed E-state index contributed by atoms with van der Waals surface area (Å²) in [6, 6.07) is 9.85. The van der Waals surface area contributed by atoms with Crippen LogP contribution in [0.15, 0.2) is 54.6 Å². The minimum absolute atomic E-state index is 0.0295. The van der Waals surface area contributed by atoms with Gasteiger partial charge in [-0.05, 0) is 18.2 Å². The summed E-state index contributed by atoms with van der Waals surface area (Å²) < 4.78 is 0. The van der Waals surface area contributed by atoms with E-state index in [1.165, 1.54) is 18.2 Å². The first-order valence-corrected chi connectivity index (χ1v) is 7.78. The highest BCUT2D eigenvalue weighted by atomic mass is 16.6. The van der Waals surface area contributed by atoms with Gasteiger partial charge >= 0.3 is 5.97 Å². The summed E-state index contributed by atoms with van der Waals surface area (Å²) >= 11 is 0. The summed E-state index contributed by atoms with van der Waals surface area (Å²) in [5.74, 6) is -1.24. The molecule has 0 radical (unpaired) electrons. The zero-order chi connectivity index (χ0) is 19.8. The normalized spacial score (nSPS) is 10.5. The van der Waals surface area contributed by atoms with Gasteiger partial charge in [-0.25, -0.2) is 4.79 Å². The van der Waals surface area contributed by atoms with Crippen molar-refractivity contribution in [3.8, 4) is 0 Å². The number of carboxylic acid groups (broad SMARTS) is 1. The van der Waals surface area contributed by atoms with Gasteiger partial charge in [0.05, 0.1) is 15.4 Å². The zero-order valence-electron chi connectivity index (χ0n) is 14.0. The van der Waals surface area contributed by atoms with Crippen molar-refractivity contribution in [3.05, 3.63) is 80.4 Å². The summed E-state index contributed by atoms with van der Waals surface area (Å²) in [7, 11) is 0. The molecule has 2 rings (SSSR count). The SMILES string of the molecule is O=C(O)c1ccc(NCC=CCNc2ccccc2[N+](=O)[O-])c([N+](=O)[O-])c1. The van der Waals surface area contributed by atoms with Gasteiger partial charge in [-0.15, -0.1) is 0 Å². The third kappa shape index (κ3) is 5.26. The Morgan fingerprint density at radius 2 is 1.48 bits per heavy atom. The number of carboxylic acids is 1. The molecule has 140 valence electrons. The number of hydrogen-bond donors (Lipinski definition) is 3. The molecule has 0 heterocycles. The Morgan fingerprint density at radius 1 is 0.926 bits per heavy atom. The maximum atomic E-state index is 11.1. The molecule has 0 aliphatic rings. The summed E-state index contributed by atoms with van der Waals surface area (Å²) in [5.41, 5.74) is 0.0530. The molecular formula is C17H16N4O6. The van der Waals surface area contributed by atoms with Crippen LogP contribution in [0.1, 0.15) is 10.4 Å². The molecule has 0 atom stereocenters. The Hall–Kier alpha value is -3.95. The van der Waals surface area contributed by atoms with E-state index >= 15 is 0 Å². The van der Waals surface area contributed by atoms with Crippen LogP contribution in [0, 0.1) is 20.2 Å². The quantitative estimate of drug-likeness (QED) is 0.345. The van der Waals surface area contributed by atoms with Gasteiger partial charge < -0.3 is 15.7 Å². The minimum atomic E-state index is -1.24. The van der Waals surface area contributed by atoms with Crippen LogP contribution in [0.25, 0.3) is 0 Å². The maximum absolute atomic E-state index is 11.1. The Balaban J connectivity index is 1.92. The number of carbonyl (C=O) groups is 1. The number of nitrogens with zero attached hydrogens (tertiary/aromatic N) is 2. The van der Waals surface area contributed by atoms with Crippen LogP contribution in [-0.2, 0) is 0 Å². The van der Waals surface area contributed by atoms with Crippen molar-refractivity contribution in [2.45, 2.75) is 0 Å². The van der Waals surface area contributed by atoms with E-state index in [0.29, 0.717) is 12.2 Å². The molecule has 0 saturated heterocycles. The number of nitro benzene ring substituents is 2. The van der Waals surface area contributed by atoms with Crippen LogP contribution in [0.4, 0.5) is 22.7 Å². The van der Waals surface area contributed by atoms with Gasteiger partial charge in [0.25, 0.3) is 11.4 Å². The average Bonchev–Trinajstić information content (AvgIpc) is 2.64. The molecule has 0 bridgehead atoms. The highest BCUT2D eigenvalue weighted by Crippen LogP contribution is 2.25. The fraction of sp³-hybridized carbons (Fsp3) is 0.118. The first-order chi connectivity index (χ1) is 12.9. The second-order valence-electron chi connectivity index (χ2n) is 5.30. The number of aromatic carboxylic acids is 1. The van der Waals surface area contributed by atoms with E-state index in [-0.39, 0.29) is 29.2 Å². The van der Waals surface area contributed by atoms with Crippen molar-refractivity contribution in [2.24, 2.45) is 0 Å². The molecule has 0 aliphatic carbocycles. The average molecular weight is 372 g/mol. The molecule has 3 N–H and O–H groups in total. The molecule has 0 amide bonds. The number of nitro groups is 2. The van der Waals surface area contributed by atoms with E-state index in [0.717, 1.165) is 6.07 Å². The van der Waals surface area contributed by atoms with Crippen LogP contribution in [0.5, 0.6) is 0 Å². The van der Waals surface area contributed by atoms with Gasteiger partial charge in [-0.2, -0.15) is 0 Å². The lowest BCUT2D eigenvalue weighted by molar-refractivity contribution is -0.384. The van der Waals surface area contributed by atoms with E-state index in [4.69, 9.17) is 5.11 Å². The minimum Gasteiger partial charge on any atom is -0.478 e. The first kappa shape index (κ1) is 19.4. The highest BCUT2D eigenvalue weighted by molar-refractivity contribution is 5.89. The van der Waals surface area contributed by atoms with E-state index in [1.54, 1.807) is 30.4 Å². The van der Waals surface area contributed by atoms with Gasteiger partial charge in [0.15, 0.2) is 0 Å². The third-order valence-electron chi connectivity index (χ3n) is 3.53. The number of para-hydroxylation sites is 2. The van der Waals surface area contributed by atoms with E-state index in [2.05, 4.69) is 10.6 Å². The Labute approximate surface area is 153 Å². The van der Waals surface area contributed by atoms with Crippen LogP contribution < -0.4 is 10.6 Å². The predicted octanol–water partition coefficient (Wildman–Crippen LogP) is 3.28. The third-order valence-corrected chi connectivity index (χ3v) is 3.53. The Kier molecular flexibility index (Phi) is 6.42. The van der Waals surface area contributed by atoms with Crippen molar-refractivity contribution in [1.82, 2.24) is 0 Å². The van der Waals surface area contributed by atoms with Crippen LogP contribution in [-0.4, -0.2) is 34.0 Å². The number of benzene rings is 2. The lowest BCUT2D eigenvalue weighted by atomic mass is 10.1. The van der Waals surface area contributed by atoms with Crippen molar-refractivity contribution in [2.75, 3.05) is 23.7 Å². The molecule has 2 aromatic rings. The zero-order valence-corrected chi connectivity index (χ0v) is 14.0. The largest absolute Gasteiger partial charge is 0.478 e. The van der Waals surface area contributed by atoms with E-state index in [9.17, 15) is 25.0 Å². The fourth-order valence-electron chi connectivity index (χ4n) is 2.25. The smallest absolute Gasteiger partial charge is 0.335 e. The van der Waals surface area contributed by atoms with Crippen LogP contribution >= 0.6 is 0 Å². The fourth-order valence-corrected chi connectivity index (χ4v) is 2.25. The number of anilines is 2. The molecule has 0 spiro atoms. The Morgan fingerprint density at radius 3 is 2.04 bits per heavy atom. The van der Waals surface area contributed by atoms with Crippen molar-refractivity contribution in [3.63, 3.8) is 0 Å². The molecule has 0 aliphatic heterocycles. The monoisotopic (exact) mass is 372 g/mol. The predicted molar refractivity (Wildman–Crippen MR) is 99.3 cm³/mol. The van der Waals surface area contributed by atoms with Gasteiger partial charge in [0.1, 0.15) is 11.4 Å². The lowest BCUT2D eigenvalue weighted by Crippen LogP contribution is -2.05. The molecular weight excluding hydrogens is 356 g/mol. The van der Waals surface area contributed by atoms with Gasteiger partial charge in [0.2, 0.25) is 0 Å². The molecule has 0 aromatic heterocycles. The first-order valence-electron chi connectivity index (χ1n) is 7.78. The standard InChI is InChI=1S/C17H16N4O6/c22-17(23)12-7-8-14(16(11-12)21(26)27)19-10-4-3-9-18-13-5-1-2-6-15(13)20(24)25/h1-8,11,18-19H,9-10H2,(H,22,23). The maximum Gasteiger partial charge on any atom is 0.335 e. The van der Waals surface area contributed by atoms with Crippen molar-refractivity contribution < 1.29 is 19.7 Å². The number of rotatable bonds is 9. The molecule has 0 unspecified atom stereocenters. The lowest BCUT2D eigenvalue weighted by Gasteiger charge is -2.06. The summed E-state index contributed by atoms with van der Waals surface area (Å²) in [6.45, 7) is 0.582. The van der Waals surface area contributed by atoms with Crippen LogP contribution in [0.2, 0.25) is 0 Å². The van der Waals surface area contributed by atoms with Crippen LogP contribution in [0.3, 0.4) is 0 Å². The van der Waals surface area contributed by atoms with Gasteiger partial charge in [-0.3, -0.25) is 20.2 Å². The molecule has 27 heavy (non-hydrogen) atoms.